The van der Waals surface area contributed by atoms with Gasteiger partial charge in [0.2, 0.25) is 0 Å². The lowest BCUT2D eigenvalue weighted by molar-refractivity contribution is -0.144. The highest BCUT2D eigenvalue weighted by Crippen LogP contribution is 2.54. The highest BCUT2D eigenvalue weighted by molar-refractivity contribution is 5.98. The zero-order valence-electron chi connectivity index (χ0n) is 18.9. The number of nitrogens with zero attached hydrogens (tertiary/aromatic N) is 6. The van der Waals surface area contributed by atoms with Gasteiger partial charge in [-0.15, -0.1) is 0 Å². The smallest absolute Gasteiger partial charge is 0.382 e. The van der Waals surface area contributed by atoms with Gasteiger partial charge in [0.05, 0.1) is 41.1 Å². The summed E-state index contributed by atoms with van der Waals surface area (Å²) in [6.45, 7) is 5.11. The molecule has 3 fully saturated rings. The molecule has 1 saturated carbocycles. The van der Waals surface area contributed by atoms with Crippen molar-refractivity contribution in [3.8, 4) is 5.69 Å². The van der Waals surface area contributed by atoms with Crippen molar-refractivity contribution in [2.24, 2.45) is 11.8 Å². The number of hydrogen-bond acceptors (Lipinski definition) is 6. The molecule has 0 unspecified atom stereocenters. The van der Waals surface area contributed by atoms with Crippen LogP contribution in [0.25, 0.3) is 5.69 Å². The first-order chi connectivity index (χ1) is 16.1. The molecule has 8 nitrogen and oxygen atoms in total. The lowest BCUT2D eigenvalue weighted by Gasteiger charge is -2.57. The SMILES string of the molecule is Cc1ccc(-n2nccn2)c(C(=O)N2C3CC(C3)[C@@H](C)[C@H]2c2nc(N)c(C)nc2C(F)(F)F)c1. The zero-order chi connectivity index (χ0) is 24.4. The molecule has 2 aromatic heterocycles. The number of fused-ring (bicyclic) bond motifs is 2. The topological polar surface area (TPSA) is 103 Å². The summed E-state index contributed by atoms with van der Waals surface area (Å²) in [4.78, 5) is 24.8. The van der Waals surface area contributed by atoms with E-state index in [-0.39, 0.29) is 41.0 Å². The minimum Gasteiger partial charge on any atom is -0.382 e. The van der Waals surface area contributed by atoms with Crippen molar-refractivity contribution in [2.45, 2.75) is 51.9 Å². The fourth-order valence-electron chi connectivity index (χ4n) is 5.13. The summed E-state index contributed by atoms with van der Waals surface area (Å²) >= 11 is 0. The van der Waals surface area contributed by atoms with Crippen molar-refractivity contribution in [1.29, 1.82) is 0 Å². The number of rotatable bonds is 3. The predicted octanol–water partition coefficient (Wildman–Crippen LogP) is 3.89. The van der Waals surface area contributed by atoms with Gasteiger partial charge in [-0.25, -0.2) is 9.97 Å². The van der Waals surface area contributed by atoms with E-state index >= 15 is 0 Å². The van der Waals surface area contributed by atoms with Crippen LogP contribution in [0.4, 0.5) is 19.0 Å². The highest BCUT2D eigenvalue weighted by Gasteiger charge is 2.54. The maximum absolute atomic E-state index is 14.0. The number of alkyl halides is 3. The molecule has 1 amide bonds. The minimum absolute atomic E-state index is 0.00769. The molecule has 2 saturated heterocycles. The Bertz CT molecular complexity index is 1250. The summed E-state index contributed by atoms with van der Waals surface area (Å²) in [6.07, 6.45) is -0.265. The third-order valence-corrected chi connectivity index (χ3v) is 7.02. The largest absolute Gasteiger partial charge is 0.435 e. The number of halogens is 3. The number of aromatic nitrogens is 5. The Morgan fingerprint density at radius 1 is 1.12 bits per heavy atom. The number of aryl methyl sites for hydroxylation is 2. The fraction of sp³-hybridized carbons (Fsp3) is 0.435. The number of nitrogen functional groups attached to an aromatic ring is 1. The molecule has 3 aliphatic rings. The monoisotopic (exact) mass is 471 g/mol. The number of amides is 1. The lowest BCUT2D eigenvalue weighted by atomic mass is 9.63. The van der Waals surface area contributed by atoms with Crippen LogP contribution in [0.5, 0.6) is 0 Å². The summed E-state index contributed by atoms with van der Waals surface area (Å²) in [5.74, 6) is -0.499. The molecule has 3 aromatic rings. The van der Waals surface area contributed by atoms with Crippen molar-refractivity contribution in [3.05, 3.63) is 58.8 Å². The molecule has 178 valence electrons. The van der Waals surface area contributed by atoms with E-state index in [0.29, 0.717) is 11.3 Å². The Hall–Kier alpha value is -3.50. The quantitative estimate of drug-likeness (QED) is 0.622. The number of nitrogens with two attached hydrogens (primary N) is 1. The van der Waals surface area contributed by atoms with Crippen LogP contribution in [0, 0.1) is 25.7 Å². The minimum atomic E-state index is -4.73. The first-order valence-corrected chi connectivity index (χ1v) is 11.1. The Morgan fingerprint density at radius 2 is 1.79 bits per heavy atom. The number of carbonyl (C=O) groups excluding carboxylic acids is 1. The van der Waals surface area contributed by atoms with E-state index in [9.17, 15) is 18.0 Å². The van der Waals surface area contributed by atoms with E-state index in [4.69, 9.17) is 5.73 Å². The second-order valence-corrected chi connectivity index (χ2v) is 9.17. The third kappa shape index (κ3) is 3.50. The summed E-state index contributed by atoms with van der Waals surface area (Å²) < 4.78 is 42.1. The maximum Gasteiger partial charge on any atom is 0.435 e. The summed E-state index contributed by atoms with van der Waals surface area (Å²) in [7, 11) is 0. The number of carbonyl (C=O) groups is 1. The van der Waals surface area contributed by atoms with Crippen molar-refractivity contribution >= 4 is 11.7 Å². The molecule has 34 heavy (non-hydrogen) atoms. The van der Waals surface area contributed by atoms with Gasteiger partial charge >= 0.3 is 6.18 Å². The predicted molar refractivity (Wildman–Crippen MR) is 117 cm³/mol. The van der Waals surface area contributed by atoms with Crippen LogP contribution >= 0.6 is 0 Å². The van der Waals surface area contributed by atoms with Crippen LogP contribution in [-0.2, 0) is 6.18 Å². The first-order valence-electron chi connectivity index (χ1n) is 11.1. The molecule has 0 radical (unpaired) electrons. The van der Waals surface area contributed by atoms with Crippen molar-refractivity contribution in [2.75, 3.05) is 5.73 Å². The molecule has 4 heterocycles. The summed E-state index contributed by atoms with van der Waals surface area (Å²) in [5.41, 5.74) is 6.14. The summed E-state index contributed by atoms with van der Waals surface area (Å²) in [6, 6.07) is 4.19. The third-order valence-electron chi connectivity index (χ3n) is 7.02. The van der Waals surface area contributed by atoms with Crippen LogP contribution in [-0.4, -0.2) is 41.8 Å². The fourth-order valence-corrected chi connectivity index (χ4v) is 5.13. The lowest BCUT2D eigenvalue weighted by Crippen LogP contribution is -2.59. The van der Waals surface area contributed by atoms with Crippen LogP contribution < -0.4 is 5.73 Å². The number of hydrogen-bond donors (Lipinski definition) is 1. The maximum atomic E-state index is 14.0. The Labute approximate surface area is 194 Å². The molecule has 11 heteroatoms. The Morgan fingerprint density at radius 3 is 2.44 bits per heavy atom. The van der Waals surface area contributed by atoms with Crippen molar-refractivity contribution < 1.29 is 18.0 Å². The van der Waals surface area contributed by atoms with Gasteiger partial charge in [0.1, 0.15) is 5.82 Å². The Balaban J connectivity index is 1.66. The molecule has 6 rings (SSSR count). The molecule has 2 aliphatic heterocycles. The van der Waals surface area contributed by atoms with Crippen LogP contribution in [0.3, 0.4) is 0 Å². The van der Waals surface area contributed by atoms with Gasteiger partial charge in [0, 0.05) is 6.04 Å². The molecule has 1 aliphatic carbocycles. The van der Waals surface area contributed by atoms with Crippen LogP contribution in [0.1, 0.15) is 58.8 Å². The van der Waals surface area contributed by atoms with Gasteiger partial charge in [-0.1, -0.05) is 18.6 Å². The molecule has 2 atom stereocenters. The van der Waals surface area contributed by atoms with E-state index in [0.717, 1.165) is 18.4 Å². The number of piperidine rings is 2. The average Bonchev–Trinajstić information content (AvgIpc) is 3.27. The van der Waals surface area contributed by atoms with E-state index in [1.165, 1.54) is 24.1 Å². The highest BCUT2D eigenvalue weighted by atomic mass is 19.4. The van der Waals surface area contributed by atoms with E-state index in [1.807, 2.05) is 19.9 Å². The molecular formula is C23H24F3N7O. The van der Waals surface area contributed by atoms with Gasteiger partial charge in [0.15, 0.2) is 5.69 Å². The number of benzene rings is 1. The molecule has 1 aromatic carbocycles. The normalized spacial score (nSPS) is 24.1. The molecule has 0 spiro atoms. The van der Waals surface area contributed by atoms with E-state index < -0.39 is 17.9 Å². The van der Waals surface area contributed by atoms with Crippen molar-refractivity contribution in [1.82, 2.24) is 29.9 Å². The van der Waals surface area contributed by atoms with Gasteiger partial charge in [-0.05, 0) is 50.7 Å². The zero-order valence-corrected chi connectivity index (χ0v) is 18.9. The van der Waals surface area contributed by atoms with Gasteiger partial charge in [-0.2, -0.15) is 28.2 Å². The molecular weight excluding hydrogens is 447 g/mol. The van der Waals surface area contributed by atoms with Crippen LogP contribution in [0.15, 0.2) is 30.6 Å². The average molecular weight is 471 g/mol. The number of anilines is 1. The van der Waals surface area contributed by atoms with Gasteiger partial charge in [-0.3, -0.25) is 4.79 Å². The summed E-state index contributed by atoms with van der Waals surface area (Å²) in [5, 5.41) is 8.28. The standard InChI is InChI=1S/C23H24F3N7O/c1-11-4-5-17(33-28-6-7-29-33)16(8-11)22(34)32-15-9-14(10-15)12(2)19(32)18-20(23(24,25)26)30-13(3)21(27)31-18/h4-8,12,14-15,19H,9-10H2,1-3H3,(H2,27,31)/t12-,14?,15?,19+/m1/s1. The first kappa shape index (κ1) is 22.3. The molecule has 2 bridgehead atoms. The second kappa shape index (κ2) is 7.78. The van der Waals surface area contributed by atoms with Gasteiger partial charge in [0.25, 0.3) is 5.91 Å². The van der Waals surface area contributed by atoms with E-state index in [2.05, 4.69) is 20.2 Å². The van der Waals surface area contributed by atoms with Crippen molar-refractivity contribution in [3.63, 3.8) is 0 Å². The van der Waals surface area contributed by atoms with E-state index in [1.54, 1.807) is 17.0 Å². The Kier molecular flexibility index (Phi) is 5.10. The van der Waals surface area contributed by atoms with Gasteiger partial charge < -0.3 is 10.6 Å². The molecule has 2 N–H and O–H groups in total. The second-order valence-electron chi connectivity index (χ2n) is 9.17. The van der Waals surface area contributed by atoms with Crippen LogP contribution in [0.2, 0.25) is 0 Å².